The van der Waals surface area contributed by atoms with Crippen LogP contribution in [0.25, 0.3) is 0 Å². The first kappa shape index (κ1) is 13.7. The van der Waals surface area contributed by atoms with E-state index in [1.54, 1.807) is 32.4 Å². The second-order valence-corrected chi connectivity index (χ2v) is 5.30. The van der Waals surface area contributed by atoms with Crippen LogP contribution in [0.15, 0.2) is 42.5 Å². The van der Waals surface area contributed by atoms with E-state index in [1.807, 2.05) is 12.1 Å². The highest BCUT2D eigenvalue weighted by molar-refractivity contribution is 6.01. The molecule has 2 aromatic carbocycles. The number of Topliss-reactive ketones (excluding diaryl/α,β-unsaturated/α-hetero) is 1. The molecule has 0 bridgehead atoms. The van der Waals surface area contributed by atoms with Crippen LogP contribution in [0.2, 0.25) is 0 Å². The molecule has 0 spiro atoms. The average molecular weight is 282 g/mol. The normalized spacial score (nSPS) is 13.8. The van der Waals surface area contributed by atoms with Gasteiger partial charge in [0.05, 0.1) is 19.8 Å². The lowest BCUT2D eigenvalue weighted by atomic mass is 9.94. The Bertz CT molecular complexity index is 651. The van der Waals surface area contributed by atoms with E-state index in [0.29, 0.717) is 17.1 Å². The largest absolute Gasteiger partial charge is 0.497 e. The summed E-state index contributed by atoms with van der Waals surface area (Å²) in [5.41, 5.74) is 3.16. The van der Waals surface area contributed by atoms with Gasteiger partial charge in [-0.2, -0.15) is 0 Å². The number of methoxy groups -OCH3 is 2. The highest BCUT2D eigenvalue weighted by atomic mass is 16.5. The molecule has 0 N–H and O–H groups in total. The van der Waals surface area contributed by atoms with E-state index in [-0.39, 0.29) is 11.7 Å². The van der Waals surface area contributed by atoms with E-state index in [9.17, 15) is 4.79 Å². The van der Waals surface area contributed by atoms with Gasteiger partial charge in [0.2, 0.25) is 0 Å². The van der Waals surface area contributed by atoms with Crippen LogP contribution < -0.4 is 9.47 Å². The fourth-order valence-corrected chi connectivity index (χ4v) is 2.97. The Morgan fingerprint density at radius 3 is 2.24 bits per heavy atom. The molecule has 0 saturated heterocycles. The third-order valence-corrected chi connectivity index (χ3v) is 4.09. The molecular weight excluding hydrogens is 264 g/mol. The molecule has 0 fully saturated rings. The summed E-state index contributed by atoms with van der Waals surface area (Å²) in [4.78, 5) is 12.8. The molecule has 1 aliphatic rings. The van der Waals surface area contributed by atoms with Crippen LogP contribution in [0.5, 0.6) is 11.5 Å². The topological polar surface area (TPSA) is 35.5 Å². The molecule has 0 amide bonds. The van der Waals surface area contributed by atoms with Crippen molar-refractivity contribution in [3.05, 3.63) is 59.2 Å². The summed E-state index contributed by atoms with van der Waals surface area (Å²) in [6.45, 7) is 0. The highest BCUT2D eigenvalue weighted by Crippen LogP contribution is 2.32. The molecule has 0 aliphatic heterocycles. The van der Waals surface area contributed by atoms with Gasteiger partial charge in [-0.25, -0.2) is 0 Å². The number of hydrogen-bond donors (Lipinski definition) is 0. The molecule has 0 unspecified atom stereocenters. The van der Waals surface area contributed by atoms with Crippen LogP contribution >= 0.6 is 0 Å². The van der Waals surface area contributed by atoms with E-state index in [4.69, 9.17) is 9.47 Å². The van der Waals surface area contributed by atoms with Crippen molar-refractivity contribution in [1.29, 1.82) is 0 Å². The Morgan fingerprint density at radius 2 is 1.67 bits per heavy atom. The summed E-state index contributed by atoms with van der Waals surface area (Å²) in [5.74, 6) is 1.40. The molecule has 3 nitrogen and oxygen atoms in total. The number of fused-ring (bicyclic) bond motifs is 1. The summed E-state index contributed by atoms with van der Waals surface area (Å²) in [6.07, 6.45) is 1.60. The quantitative estimate of drug-likeness (QED) is 0.807. The summed E-state index contributed by atoms with van der Waals surface area (Å²) in [7, 11) is 3.18. The molecule has 1 aliphatic carbocycles. The van der Waals surface area contributed by atoms with Crippen molar-refractivity contribution in [3.8, 4) is 11.5 Å². The van der Waals surface area contributed by atoms with Crippen LogP contribution in [0.4, 0.5) is 0 Å². The number of hydrogen-bond acceptors (Lipinski definition) is 3. The first-order valence-corrected chi connectivity index (χ1v) is 7.06. The number of ketones is 1. The molecule has 0 atom stereocenters. The molecule has 108 valence electrons. The fraction of sp³-hybridized carbons (Fsp3) is 0.278. The van der Waals surface area contributed by atoms with Gasteiger partial charge in [0.15, 0.2) is 5.78 Å². The fourth-order valence-electron chi connectivity index (χ4n) is 2.97. The van der Waals surface area contributed by atoms with E-state index in [1.165, 1.54) is 11.1 Å². The Kier molecular flexibility index (Phi) is 3.65. The van der Waals surface area contributed by atoms with Crippen molar-refractivity contribution in [3.63, 3.8) is 0 Å². The molecule has 21 heavy (non-hydrogen) atoms. The van der Waals surface area contributed by atoms with Crippen LogP contribution in [0.3, 0.4) is 0 Å². The molecule has 0 aromatic heterocycles. The Labute approximate surface area is 124 Å². The van der Waals surface area contributed by atoms with Crippen molar-refractivity contribution >= 4 is 5.78 Å². The first-order chi connectivity index (χ1) is 10.2. The highest BCUT2D eigenvalue weighted by Gasteiger charge is 2.29. The van der Waals surface area contributed by atoms with Gasteiger partial charge in [-0.1, -0.05) is 24.3 Å². The summed E-state index contributed by atoms with van der Waals surface area (Å²) in [6, 6.07) is 13.6. The monoisotopic (exact) mass is 282 g/mol. The summed E-state index contributed by atoms with van der Waals surface area (Å²) in [5, 5.41) is 0. The number of benzene rings is 2. The van der Waals surface area contributed by atoms with E-state index in [2.05, 4.69) is 12.1 Å². The predicted molar refractivity (Wildman–Crippen MR) is 81.2 cm³/mol. The number of carbonyl (C=O) groups is 1. The van der Waals surface area contributed by atoms with Crippen LogP contribution in [-0.4, -0.2) is 20.0 Å². The molecule has 2 aromatic rings. The van der Waals surface area contributed by atoms with E-state index in [0.717, 1.165) is 12.8 Å². The van der Waals surface area contributed by atoms with Crippen molar-refractivity contribution in [2.45, 2.75) is 12.8 Å². The van der Waals surface area contributed by atoms with Crippen molar-refractivity contribution in [2.24, 2.45) is 5.92 Å². The third-order valence-electron chi connectivity index (χ3n) is 4.09. The zero-order valence-electron chi connectivity index (χ0n) is 12.3. The van der Waals surface area contributed by atoms with Crippen molar-refractivity contribution in [2.75, 3.05) is 14.2 Å². The second-order valence-electron chi connectivity index (χ2n) is 5.30. The van der Waals surface area contributed by atoms with Gasteiger partial charge in [0.1, 0.15) is 11.5 Å². The van der Waals surface area contributed by atoms with Gasteiger partial charge < -0.3 is 9.47 Å². The Hall–Kier alpha value is -2.29. The molecule has 0 saturated carbocycles. The number of ether oxygens (including phenoxy) is 2. The Balaban J connectivity index is 1.90. The zero-order valence-corrected chi connectivity index (χ0v) is 12.3. The number of carbonyl (C=O) groups excluding carboxylic acids is 1. The molecular formula is C18H18O3. The third kappa shape index (κ3) is 2.51. The van der Waals surface area contributed by atoms with Gasteiger partial charge in [0.25, 0.3) is 0 Å². The zero-order chi connectivity index (χ0) is 14.8. The second kappa shape index (κ2) is 5.60. The number of rotatable bonds is 4. The Morgan fingerprint density at radius 1 is 1.00 bits per heavy atom. The summed E-state index contributed by atoms with van der Waals surface area (Å²) >= 11 is 0. The lowest BCUT2D eigenvalue weighted by Gasteiger charge is -2.13. The minimum Gasteiger partial charge on any atom is -0.497 e. The lowest BCUT2D eigenvalue weighted by molar-refractivity contribution is 0.0921. The first-order valence-electron chi connectivity index (χ1n) is 7.06. The molecule has 0 radical (unpaired) electrons. The molecule has 3 rings (SSSR count). The van der Waals surface area contributed by atoms with Crippen LogP contribution in [0, 0.1) is 5.92 Å². The minimum absolute atomic E-state index is 0.0107. The average Bonchev–Trinajstić information content (AvgIpc) is 2.97. The maximum absolute atomic E-state index is 12.8. The molecule has 3 heteroatoms. The van der Waals surface area contributed by atoms with Gasteiger partial charge in [-0.05, 0) is 42.2 Å². The maximum Gasteiger partial charge on any atom is 0.170 e. The van der Waals surface area contributed by atoms with E-state index < -0.39 is 0 Å². The van der Waals surface area contributed by atoms with Gasteiger partial charge in [-0.3, -0.25) is 4.79 Å². The van der Waals surface area contributed by atoms with Crippen molar-refractivity contribution < 1.29 is 14.3 Å². The minimum atomic E-state index is -0.0107. The van der Waals surface area contributed by atoms with E-state index >= 15 is 0 Å². The maximum atomic E-state index is 12.8. The smallest absolute Gasteiger partial charge is 0.170 e. The molecule has 0 heterocycles. The SMILES string of the molecule is COc1ccc(OC)c(C(=O)C2Cc3ccccc3C2)c1. The summed E-state index contributed by atoms with van der Waals surface area (Å²) < 4.78 is 10.5. The standard InChI is InChI=1S/C18H18O3/c1-20-15-7-8-17(21-2)16(11-15)18(19)14-9-12-5-3-4-6-13(12)10-14/h3-8,11,14H,9-10H2,1-2H3. The van der Waals surface area contributed by atoms with Gasteiger partial charge >= 0.3 is 0 Å². The van der Waals surface area contributed by atoms with Crippen LogP contribution in [-0.2, 0) is 12.8 Å². The van der Waals surface area contributed by atoms with Crippen LogP contribution in [0.1, 0.15) is 21.5 Å². The van der Waals surface area contributed by atoms with Gasteiger partial charge in [0, 0.05) is 5.92 Å². The van der Waals surface area contributed by atoms with Gasteiger partial charge in [-0.15, -0.1) is 0 Å². The predicted octanol–water partition coefficient (Wildman–Crippen LogP) is 3.30. The lowest BCUT2D eigenvalue weighted by Crippen LogP contribution is -2.16. The van der Waals surface area contributed by atoms with Crippen molar-refractivity contribution in [1.82, 2.24) is 0 Å².